The molecule has 3 N–H and O–H groups in total. The quantitative estimate of drug-likeness (QED) is 0.713. The highest BCUT2D eigenvalue weighted by Crippen LogP contribution is 2.39. The lowest BCUT2D eigenvalue weighted by atomic mass is 9.65. The van der Waals surface area contributed by atoms with Gasteiger partial charge in [-0.1, -0.05) is 27.2 Å². The van der Waals surface area contributed by atoms with Gasteiger partial charge in [-0.05, 0) is 30.6 Å². The first-order valence-corrected chi connectivity index (χ1v) is 5.40. The molecule has 3 heteroatoms. The zero-order valence-electron chi connectivity index (χ0n) is 9.29. The van der Waals surface area contributed by atoms with E-state index in [4.69, 9.17) is 5.73 Å². The lowest BCUT2D eigenvalue weighted by Crippen LogP contribution is -2.58. The Labute approximate surface area is 85.7 Å². The lowest BCUT2D eigenvalue weighted by molar-refractivity contribution is -0.149. The lowest BCUT2D eigenvalue weighted by Gasteiger charge is -2.42. The number of carboxylic acids is 1. The Morgan fingerprint density at radius 3 is 2.50 bits per heavy atom. The third-order valence-electron chi connectivity index (χ3n) is 3.52. The summed E-state index contributed by atoms with van der Waals surface area (Å²) in [6.07, 6.45) is 2.67. The van der Waals surface area contributed by atoms with E-state index in [1.54, 1.807) is 0 Å². The highest BCUT2D eigenvalue weighted by Gasteiger charge is 2.46. The minimum Gasteiger partial charge on any atom is -0.480 e. The van der Waals surface area contributed by atoms with E-state index in [1.807, 2.05) is 0 Å². The number of aliphatic carboxylic acids is 1. The largest absolute Gasteiger partial charge is 0.480 e. The van der Waals surface area contributed by atoms with Gasteiger partial charge in [0.15, 0.2) is 0 Å². The van der Waals surface area contributed by atoms with Crippen LogP contribution < -0.4 is 5.73 Å². The molecule has 0 aromatic rings. The number of carbonyl (C=O) groups is 1. The summed E-state index contributed by atoms with van der Waals surface area (Å²) in [7, 11) is 0. The van der Waals surface area contributed by atoms with Crippen LogP contribution >= 0.6 is 0 Å². The summed E-state index contributed by atoms with van der Waals surface area (Å²) in [5.74, 6) is 0.0775. The Bertz CT molecular complexity index is 227. The van der Waals surface area contributed by atoms with Crippen molar-refractivity contribution in [1.29, 1.82) is 0 Å². The zero-order valence-corrected chi connectivity index (χ0v) is 9.29. The van der Waals surface area contributed by atoms with Gasteiger partial charge in [0.1, 0.15) is 5.54 Å². The Morgan fingerprint density at radius 1 is 1.50 bits per heavy atom. The first-order chi connectivity index (χ1) is 6.38. The van der Waals surface area contributed by atoms with Crippen LogP contribution in [0.2, 0.25) is 0 Å². The number of nitrogens with two attached hydrogens (primary N) is 1. The van der Waals surface area contributed by atoms with E-state index in [0.29, 0.717) is 18.3 Å². The van der Waals surface area contributed by atoms with Gasteiger partial charge in [-0.3, -0.25) is 4.79 Å². The van der Waals surface area contributed by atoms with Gasteiger partial charge in [-0.15, -0.1) is 0 Å². The average Bonchev–Trinajstić information content (AvgIpc) is 2.02. The molecular formula is C11H21NO2. The summed E-state index contributed by atoms with van der Waals surface area (Å²) < 4.78 is 0. The molecule has 0 aromatic heterocycles. The molecule has 0 aromatic carbocycles. The summed E-state index contributed by atoms with van der Waals surface area (Å²) in [6, 6.07) is 0. The standard InChI is InChI=1S/C11H21NO2/c1-7(2)9-5-4-8(3)6-11(9,12)10(13)14/h7-9H,4-6,12H2,1-3H3,(H,13,14)/t8-,9+,11-/m1/s1. The topological polar surface area (TPSA) is 63.3 Å². The maximum absolute atomic E-state index is 11.2. The molecule has 0 heterocycles. The van der Waals surface area contributed by atoms with E-state index in [9.17, 15) is 9.90 Å². The summed E-state index contributed by atoms with van der Waals surface area (Å²) in [5.41, 5.74) is 5.04. The smallest absolute Gasteiger partial charge is 0.323 e. The van der Waals surface area contributed by atoms with Crippen molar-refractivity contribution in [2.24, 2.45) is 23.5 Å². The predicted octanol–water partition coefficient (Wildman–Crippen LogP) is 1.86. The van der Waals surface area contributed by atoms with Gasteiger partial charge in [-0.25, -0.2) is 0 Å². The maximum atomic E-state index is 11.2. The molecule has 3 nitrogen and oxygen atoms in total. The third-order valence-corrected chi connectivity index (χ3v) is 3.52. The van der Waals surface area contributed by atoms with E-state index in [0.717, 1.165) is 12.8 Å². The highest BCUT2D eigenvalue weighted by atomic mass is 16.4. The van der Waals surface area contributed by atoms with Crippen LogP contribution in [-0.2, 0) is 4.79 Å². The second-order valence-electron chi connectivity index (χ2n) is 5.08. The molecule has 0 saturated heterocycles. The van der Waals surface area contributed by atoms with Gasteiger partial charge in [0.05, 0.1) is 0 Å². The van der Waals surface area contributed by atoms with Crippen LogP contribution in [0.25, 0.3) is 0 Å². The maximum Gasteiger partial charge on any atom is 0.323 e. The Kier molecular flexibility index (Phi) is 3.20. The van der Waals surface area contributed by atoms with Crippen LogP contribution in [0.3, 0.4) is 0 Å². The van der Waals surface area contributed by atoms with E-state index in [-0.39, 0.29) is 5.92 Å². The molecule has 0 bridgehead atoms. The minimum atomic E-state index is -0.994. The molecule has 1 fully saturated rings. The third kappa shape index (κ3) is 1.92. The summed E-state index contributed by atoms with van der Waals surface area (Å²) in [5, 5.41) is 9.21. The molecule has 0 unspecified atom stereocenters. The van der Waals surface area contributed by atoms with Crippen LogP contribution in [-0.4, -0.2) is 16.6 Å². The van der Waals surface area contributed by atoms with E-state index >= 15 is 0 Å². The van der Waals surface area contributed by atoms with Crippen molar-refractivity contribution in [1.82, 2.24) is 0 Å². The Balaban J connectivity index is 2.88. The summed E-state index contributed by atoms with van der Waals surface area (Å²) >= 11 is 0. The van der Waals surface area contributed by atoms with Crippen molar-refractivity contribution in [2.45, 2.75) is 45.6 Å². The summed E-state index contributed by atoms with van der Waals surface area (Å²) in [4.78, 5) is 11.2. The van der Waals surface area contributed by atoms with Crippen LogP contribution in [0.15, 0.2) is 0 Å². The van der Waals surface area contributed by atoms with Crippen LogP contribution in [0.5, 0.6) is 0 Å². The van der Waals surface area contributed by atoms with Gasteiger partial charge < -0.3 is 10.8 Å². The zero-order chi connectivity index (χ0) is 10.9. The Hall–Kier alpha value is -0.570. The molecule has 1 saturated carbocycles. The fraction of sp³-hybridized carbons (Fsp3) is 0.909. The highest BCUT2D eigenvalue weighted by molar-refractivity contribution is 5.79. The minimum absolute atomic E-state index is 0.121. The van der Waals surface area contributed by atoms with E-state index in [1.165, 1.54) is 0 Å². The second kappa shape index (κ2) is 3.89. The average molecular weight is 199 g/mol. The van der Waals surface area contributed by atoms with E-state index < -0.39 is 11.5 Å². The fourth-order valence-electron chi connectivity index (χ4n) is 2.73. The van der Waals surface area contributed by atoms with Gasteiger partial charge in [0.2, 0.25) is 0 Å². The van der Waals surface area contributed by atoms with Gasteiger partial charge in [0, 0.05) is 0 Å². The van der Waals surface area contributed by atoms with Crippen LogP contribution in [0.1, 0.15) is 40.0 Å². The molecule has 0 spiro atoms. The molecule has 0 amide bonds. The Morgan fingerprint density at radius 2 is 2.07 bits per heavy atom. The SMILES string of the molecule is CC(C)[C@@H]1CC[C@@H](C)C[C@]1(N)C(=O)O. The molecule has 1 aliphatic rings. The normalized spacial score (nSPS) is 38.6. The summed E-state index contributed by atoms with van der Waals surface area (Å²) in [6.45, 7) is 6.21. The van der Waals surface area contributed by atoms with Crippen molar-refractivity contribution < 1.29 is 9.90 Å². The van der Waals surface area contributed by atoms with E-state index in [2.05, 4.69) is 20.8 Å². The molecule has 0 radical (unpaired) electrons. The van der Waals surface area contributed by atoms with Gasteiger partial charge in [0.25, 0.3) is 0 Å². The number of hydrogen-bond donors (Lipinski definition) is 2. The van der Waals surface area contributed by atoms with Crippen molar-refractivity contribution in [3.05, 3.63) is 0 Å². The number of hydrogen-bond acceptors (Lipinski definition) is 2. The molecule has 14 heavy (non-hydrogen) atoms. The van der Waals surface area contributed by atoms with Crippen molar-refractivity contribution in [3.63, 3.8) is 0 Å². The molecule has 82 valence electrons. The second-order valence-corrected chi connectivity index (χ2v) is 5.08. The molecule has 1 aliphatic carbocycles. The monoisotopic (exact) mass is 199 g/mol. The number of carboxylic acid groups (broad SMARTS) is 1. The van der Waals surface area contributed by atoms with Crippen LogP contribution in [0, 0.1) is 17.8 Å². The van der Waals surface area contributed by atoms with Gasteiger partial charge in [-0.2, -0.15) is 0 Å². The predicted molar refractivity (Wildman–Crippen MR) is 55.9 cm³/mol. The molecule has 1 rings (SSSR count). The molecule has 3 atom stereocenters. The van der Waals surface area contributed by atoms with Crippen molar-refractivity contribution >= 4 is 5.97 Å². The molecular weight excluding hydrogens is 178 g/mol. The molecule has 0 aliphatic heterocycles. The van der Waals surface area contributed by atoms with Crippen molar-refractivity contribution in [3.8, 4) is 0 Å². The van der Waals surface area contributed by atoms with Crippen molar-refractivity contribution in [2.75, 3.05) is 0 Å². The number of rotatable bonds is 2. The first kappa shape index (κ1) is 11.5. The van der Waals surface area contributed by atoms with Crippen LogP contribution in [0.4, 0.5) is 0 Å². The first-order valence-electron chi connectivity index (χ1n) is 5.40. The van der Waals surface area contributed by atoms with Gasteiger partial charge >= 0.3 is 5.97 Å². The fourth-order valence-corrected chi connectivity index (χ4v) is 2.73.